The SMILES string of the molecule is COc1ccc([N+](=O)[O-])c(C(=O)CC(=O)O)c1. The number of hydrogen-bond donors (Lipinski definition) is 1. The van der Waals surface area contributed by atoms with Gasteiger partial charge < -0.3 is 9.84 Å². The van der Waals surface area contributed by atoms with Crippen LogP contribution < -0.4 is 4.74 Å². The van der Waals surface area contributed by atoms with Crippen LogP contribution in [0.5, 0.6) is 5.75 Å². The lowest BCUT2D eigenvalue weighted by Crippen LogP contribution is -2.09. The zero-order valence-electron chi connectivity index (χ0n) is 8.87. The fraction of sp³-hybridized carbons (Fsp3) is 0.200. The summed E-state index contributed by atoms with van der Waals surface area (Å²) in [4.78, 5) is 31.8. The molecule has 0 aliphatic carbocycles. The lowest BCUT2D eigenvalue weighted by molar-refractivity contribution is -0.385. The predicted octanol–water partition coefficient (Wildman–Crippen LogP) is 1.26. The van der Waals surface area contributed by atoms with Crippen LogP contribution in [0.4, 0.5) is 5.69 Å². The van der Waals surface area contributed by atoms with Gasteiger partial charge in [-0.25, -0.2) is 0 Å². The van der Waals surface area contributed by atoms with Crippen LogP contribution in [-0.2, 0) is 4.79 Å². The van der Waals surface area contributed by atoms with Crippen molar-refractivity contribution in [1.29, 1.82) is 0 Å². The first kappa shape index (κ1) is 12.6. The molecule has 0 unspecified atom stereocenters. The summed E-state index contributed by atoms with van der Waals surface area (Å²) < 4.78 is 4.82. The van der Waals surface area contributed by atoms with Gasteiger partial charge >= 0.3 is 5.97 Å². The zero-order chi connectivity index (χ0) is 13.0. The number of carbonyl (C=O) groups is 2. The molecule has 0 saturated carbocycles. The Labute approximate surface area is 95.8 Å². The van der Waals surface area contributed by atoms with Crippen LogP contribution in [0.1, 0.15) is 16.8 Å². The van der Waals surface area contributed by atoms with Crippen molar-refractivity contribution in [3.63, 3.8) is 0 Å². The Kier molecular flexibility index (Phi) is 3.76. The number of benzene rings is 1. The summed E-state index contributed by atoms with van der Waals surface area (Å²) in [7, 11) is 1.34. The standard InChI is InChI=1S/C10H9NO6/c1-17-6-2-3-8(11(15)16)7(4-6)9(12)5-10(13)14/h2-4H,5H2,1H3,(H,13,14). The number of carbonyl (C=O) groups excluding carboxylic acids is 1. The van der Waals surface area contributed by atoms with Gasteiger partial charge in [-0.05, 0) is 12.1 Å². The molecule has 0 aromatic heterocycles. The van der Waals surface area contributed by atoms with Gasteiger partial charge in [0.15, 0.2) is 5.78 Å². The molecule has 0 saturated heterocycles. The minimum atomic E-state index is -1.34. The Balaban J connectivity index is 3.21. The minimum absolute atomic E-state index is 0.254. The maximum absolute atomic E-state index is 11.5. The second kappa shape index (κ2) is 5.06. The summed E-state index contributed by atoms with van der Waals surface area (Å²) in [5.41, 5.74) is -0.700. The van der Waals surface area contributed by atoms with Crippen LogP contribution in [0.25, 0.3) is 0 Å². The summed E-state index contributed by atoms with van der Waals surface area (Å²) in [5.74, 6) is -1.92. The average Bonchev–Trinajstić information content (AvgIpc) is 2.27. The van der Waals surface area contributed by atoms with Crippen molar-refractivity contribution < 1.29 is 24.4 Å². The highest BCUT2D eigenvalue weighted by atomic mass is 16.6. The van der Waals surface area contributed by atoms with Gasteiger partial charge in [0.05, 0.1) is 17.6 Å². The summed E-state index contributed by atoms with van der Waals surface area (Å²) in [6, 6.07) is 3.59. The second-order valence-electron chi connectivity index (χ2n) is 3.13. The number of ether oxygens (including phenoxy) is 1. The molecule has 7 heteroatoms. The second-order valence-corrected chi connectivity index (χ2v) is 3.13. The third-order valence-electron chi connectivity index (χ3n) is 2.01. The number of Topliss-reactive ketones (excluding diaryl/α,β-unsaturated/α-hetero) is 1. The van der Waals surface area contributed by atoms with Crippen molar-refractivity contribution in [1.82, 2.24) is 0 Å². The zero-order valence-corrected chi connectivity index (χ0v) is 8.87. The minimum Gasteiger partial charge on any atom is -0.497 e. The monoisotopic (exact) mass is 239 g/mol. The quantitative estimate of drug-likeness (QED) is 0.358. The Hall–Kier alpha value is -2.44. The van der Waals surface area contributed by atoms with Gasteiger partial charge in [-0.3, -0.25) is 19.7 Å². The normalized spacial score (nSPS) is 9.71. The van der Waals surface area contributed by atoms with Gasteiger partial charge in [-0.15, -0.1) is 0 Å². The molecule has 0 atom stereocenters. The number of rotatable bonds is 5. The number of aliphatic carboxylic acids is 1. The third-order valence-corrected chi connectivity index (χ3v) is 2.01. The van der Waals surface area contributed by atoms with Crippen molar-refractivity contribution in [3.8, 4) is 5.75 Å². The fourth-order valence-electron chi connectivity index (χ4n) is 1.26. The topological polar surface area (TPSA) is 107 Å². The Morgan fingerprint density at radius 2 is 2.12 bits per heavy atom. The van der Waals surface area contributed by atoms with Gasteiger partial charge in [0.25, 0.3) is 5.69 Å². The summed E-state index contributed by atoms with van der Waals surface area (Å²) >= 11 is 0. The van der Waals surface area contributed by atoms with Crippen molar-refractivity contribution in [2.24, 2.45) is 0 Å². The van der Waals surface area contributed by atoms with Crippen molar-refractivity contribution in [2.75, 3.05) is 7.11 Å². The molecule has 1 N–H and O–H groups in total. The van der Waals surface area contributed by atoms with Crippen LogP contribution in [0, 0.1) is 10.1 Å². The van der Waals surface area contributed by atoms with Gasteiger partial charge in [-0.2, -0.15) is 0 Å². The number of nitro benzene ring substituents is 1. The van der Waals surface area contributed by atoms with Crippen LogP contribution in [0.15, 0.2) is 18.2 Å². The van der Waals surface area contributed by atoms with E-state index in [2.05, 4.69) is 0 Å². The number of ketones is 1. The van der Waals surface area contributed by atoms with Gasteiger partial charge in [0.1, 0.15) is 12.2 Å². The first-order chi connectivity index (χ1) is 7.95. The van der Waals surface area contributed by atoms with Crippen LogP contribution in [0.3, 0.4) is 0 Å². The number of carboxylic acid groups (broad SMARTS) is 1. The van der Waals surface area contributed by atoms with E-state index in [1.807, 2.05) is 0 Å². The number of nitro groups is 1. The molecule has 90 valence electrons. The van der Waals surface area contributed by atoms with E-state index in [4.69, 9.17) is 9.84 Å². The number of nitrogens with zero attached hydrogens (tertiary/aromatic N) is 1. The van der Waals surface area contributed by atoms with Crippen molar-refractivity contribution in [2.45, 2.75) is 6.42 Å². The molecular weight excluding hydrogens is 230 g/mol. The molecule has 0 aliphatic rings. The molecule has 1 aromatic rings. The molecule has 1 aromatic carbocycles. The third kappa shape index (κ3) is 3.00. The van der Waals surface area contributed by atoms with E-state index in [1.165, 1.54) is 13.2 Å². The fourth-order valence-corrected chi connectivity index (χ4v) is 1.26. The molecular formula is C10H9NO6. The average molecular weight is 239 g/mol. The molecule has 1 rings (SSSR count). The van der Waals surface area contributed by atoms with E-state index < -0.39 is 28.8 Å². The highest BCUT2D eigenvalue weighted by Crippen LogP contribution is 2.25. The van der Waals surface area contributed by atoms with E-state index in [1.54, 1.807) is 0 Å². The highest BCUT2D eigenvalue weighted by Gasteiger charge is 2.22. The lowest BCUT2D eigenvalue weighted by atomic mass is 10.1. The van der Waals surface area contributed by atoms with Gasteiger partial charge in [0.2, 0.25) is 0 Å². The maximum atomic E-state index is 11.5. The molecule has 7 nitrogen and oxygen atoms in total. The molecule has 17 heavy (non-hydrogen) atoms. The first-order valence-electron chi connectivity index (χ1n) is 4.53. The summed E-state index contributed by atoms with van der Waals surface area (Å²) in [6.45, 7) is 0. The Morgan fingerprint density at radius 1 is 1.47 bits per heavy atom. The van der Waals surface area contributed by atoms with Gasteiger partial charge in [0, 0.05) is 6.07 Å². The number of methoxy groups -OCH3 is 1. The highest BCUT2D eigenvalue weighted by molar-refractivity contribution is 6.08. The van der Waals surface area contributed by atoms with Crippen LogP contribution in [-0.4, -0.2) is 28.9 Å². The molecule has 0 amide bonds. The van der Waals surface area contributed by atoms with E-state index in [9.17, 15) is 19.7 Å². The van der Waals surface area contributed by atoms with E-state index in [0.29, 0.717) is 0 Å². The van der Waals surface area contributed by atoms with E-state index in [0.717, 1.165) is 12.1 Å². The molecule has 0 spiro atoms. The van der Waals surface area contributed by atoms with Crippen LogP contribution >= 0.6 is 0 Å². The lowest BCUT2D eigenvalue weighted by Gasteiger charge is -2.03. The van der Waals surface area contributed by atoms with Crippen molar-refractivity contribution in [3.05, 3.63) is 33.9 Å². The maximum Gasteiger partial charge on any atom is 0.311 e. The summed E-state index contributed by atoms with van der Waals surface area (Å²) in [5, 5.41) is 19.2. The predicted molar refractivity (Wildman–Crippen MR) is 56.2 cm³/mol. The Morgan fingerprint density at radius 3 is 2.59 bits per heavy atom. The number of hydrogen-bond acceptors (Lipinski definition) is 5. The molecule has 0 radical (unpaired) electrons. The van der Waals surface area contributed by atoms with Gasteiger partial charge in [-0.1, -0.05) is 0 Å². The van der Waals surface area contributed by atoms with Crippen molar-refractivity contribution >= 4 is 17.4 Å². The van der Waals surface area contributed by atoms with E-state index >= 15 is 0 Å². The molecule has 0 bridgehead atoms. The molecule has 0 fully saturated rings. The largest absolute Gasteiger partial charge is 0.497 e. The molecule has 0 heterocycles. The number of carboxylic acids is 1. The first-order valence-corrected chi connectivity index (χ1v) is 4.53. The molecule has 0 aliphatic heterocycles. The van der Waals surface area contributed by atoms with Crippen LogP contribution in [0.2, 0.25) is 0 Å². The van der Waals surface area contributed by atoms with E-state index in [-0.39, 0.29) is 11.3 Å². The smallest absolute Gasteiger partial charge is 0.311 e. The Bertz CT molecular complexity index is 482. The summed E-state index contributed by atoms with van der Waals surface area (Å²) in [6.07, 6.45) is -0.798.